The highest BCUT2D eigenvalue weighted by Gasteiger charge is 2.20. The van der Waals surface area contributed by atoms with Crippen molar-refractivity contribution in [2.75, 3.05) is 13.7 Å². The molecule has 0 radical (unpaired) electrons. The lowest BCUT2D eigenvalue weighted by molar-refractivity contribution is 0.117. The zero-order chi connectivity index (χ0) is 21.7. The van der Waals surface area contributed by atoms with Gasteiger partial charge in [-0.15, -0.1) is 5.54 Å². The minimum absolute atomic E-state index is 0.622. The van der Waals surface area contributed by atoms with Crippen molar-refractivity contribution in [3.63, 3.8) is 0 Å². The van der Waals surface area contributed by atoms with Crippen LogP contribution in [0.4, 0.5) is 0 Å². The van der Waals surface area contributed by atoms with Crippen molar-refractivity contribution in [2.45, 2.75) is 51.5 Å². The molecule has 3 nitrogen and oxygen atoms in total. The number of unbranched alkanes of at least 4 members (excludes halogenated alkanes) is 3. The Hall–Kier alpha value is -2.50. The van der Waals surface area contributed by atoms with Crippen LogP contribution in [0.3, 0.4) is 0 Å². The van der Waals surface area contributed by atoms with Gasteiger partial charge in [-0.3, -0.25) is 0 Å². The molecule has 2 aromatic rings. The van der Waals surface area contributed by atoms with Gasteiger partial charge in [0.15, 0.2) is 14.2 Å². The van der Waals surface area contributed by atoms with Crippen LogP contribution in [0, 0.1) is 23.3 Å². The maximum Gasteiger partial charge on any atom is 0.175 e. The Kier molecular flexibility index (Phi) is 10.2. The second-order valence-electron chi connectivity index (χ2n) is 7.70. The van der Waals surface area contributed by atoms with E-state index in [0.717, 1.165) is 43.6 Å². The number of hydrogen-bond acceptors (Lipinski definition) is 3. The lowest BCUT2D eigenvalue weighted by Crippen LogP contribution is -2.40. The Morgan fingerprint density at radius 1 is 0.933 bits per heavy atom. The van der Waals surface area contributed by atoms with E-state index >= 15 is 0 Å². The molecule has 0 aliphatic rings. The zero-order valence-corrected chi connectivity index (χ0v) is 19.3. The number of benzene rings is 2. The summed E-state index contributed by atoms with van der Waals surface area (Å²) in [5, 5.41) is 11.3. The summed E-state index contributed by atoms with van der Waals surface area (Å²) in [4.78, 5) is 0. The molecular weight excluding hydrogens is 388 g/mol. The third-order valence-electron chi connectivity index (χ3n) is 4.77. The van der Waals surface area contributed by atoms with Gasteiger partial charge in [-0.25, -0.2) is 0 Å². The minimum Gasteiger partial charge on any atom is -0.497 e. The average molecular weight is 421 g/mol. The van der Waals surface area contributed by atoms with Crippen LogP contribution < -0.4 is 9.92 Å². The molecule has 0 bridgehead atoms. The van der Waals surface area contributed by atoms with Crippen molar-refractivity contribution in [1.82, 2.24) is 0 Å². The van der Waals surface area contributed by atoms with Crippen molar-refractivity contribution in [2.24, 2.45) is 0 Å². The second kappa shape index (κ2) is 12.9. The molecule has 158 valence electrons. The van der Waals surface area contributed by atoms with E-state index < -0.39 is 14.2 Å². The number of ether oxygens (including phenoxy) is 2. The van der Waals surface area contributed by atoms with E-state index in [0.29, 0.717) is 6.61 Å². The van der Waals surface area contributed by atoms with Crippen LogP contribution in [0.5, 0.6) is 5.75 Å². The summed E-state index contributed by atoms with van der Waals surface area (Å²) < 4.78 is 10.9. The first-order chi connectivity index (χ1) is 14.5. The maximum absolute atomic E-state index is 10.0. The number of aliphatic hydroxyl groups excluding tert-OH is 1. The van der Waals surface area contributed by atoms with Gasteiger partial charge in [-0.05, 0) is 35.7 Å². The molecule has 0 saturated heterocycles. The van der Waals surface area contributed by atoms with Crippen molar-refractivity contribution in [3.8, 4) is 29.1 Å². The number of rotatable bonds is 9. The van der Waals surface area contributed by atoms with E-state index in [1.54, 1.807) is 7.11 Å². The Morgan fingerprint density at radius 2 is 1.67 bits per heavy atom. The van der Waals surface area contributed by atoms with Gasteiger partial charge in [0.25, 0.3) is 0 Å². The van der Waals surface area contributed by atoms with Crippen molar-refractivity contribution in [3.05, 3.63) is 60.2 Å². The summed E-state index contributed by atoms with van der Waals surface area (Å²) >= 11 is 0. The van der Waals surface area contributed by atoms with E-state index in [2.05, 4.69) is 48.5 Å². The number of hydrogen-bond donors (Lipinski definition) is 1. The van der Waals surface area contributed by atoms with Gasteiger partial charge < -0.3 is 14.6 Å². The van der Waals surface area contributed by atoms with Crippen molar-refractivity contribution in [1.29, 1.82) is 0 Å². The van der Waals surface area contributed by atoms with Crippen LogP contribution in [0.15, 0.2) is 54.6 Å². The standard InChI is InChI=1S/C26H32O3Si/c1-28-25-17-15-23(16-18-25)22-29-20-11-6-4-5-8-12-24(27)19-21-30(2,3)26-13-9-7-10-14-26/h7,9-10,13-18,24,27H,4-6,11,20,22H2,1-3H3/t24-/m0/s1. The first-order valence-electron chi connectivity index (χ1n) is 10.5. The lowest BCUT2D eigenvalue weighted by atomic mass is 10.2. The fourth-order valence-electron chi connectivity index (χ4n) is 2.89. The minimum atomic E-state index is -1.85. The molecule has 1 atom stereocenters. The summed E-state index contributed by atoms with van der Waals surface area (Å²) in [7, 11) is -0.189. The molecule has 30 heavy (non-hydrogen) atoms. The van der Waals surface area contributed by atoms with Crippen LogP contribution >= 0.6 is 0 Å². The zero-order valence-electron chi connectivity index (χ0n) is 18.3. The molecular formula is C26H32O3Si. The first kappa shape index (κ1) is 23.8. The molecule has 2 aromatic carbocycles. The molecule has 0 aliphatic carbocycles. The molecule has 0 spiro atoms. The molecule has 0 unspecified atom stereocenters. The SMILES string of the molecule is COc1ccc(COCCCCCC#C[C@H](O)C#C[Si](C)(C)c2ccccc2)cc1. The van der Waals surface area contributed by atoms with Gasteiger partial charge in [0, 0.05) is 13.0 Å². The van der Waals surface area contributed by atoms with E-state index in [4.69, 9.17) is 9.47 Å². The van der Waals surface area contributed by atoms with Crippen LogP contribution in [0.1, 0.15) is 31.2 Å². The topological polar surface area (TPSA) is 38.7 Å². The normalized spacial score (nSPS) is 11.6. The van der Waals surface area contributed by atoms with Gasteiger partial charge in [0.1, 0.15) is 5.75 Å². The Bertz CT molecular complexity index is 868. The highest BCUT2D eigenvalue weighted by atomic mass is 28.3. The third kappa shape index (κ3) is 8.89. The summed E-state index contributed by atoms with van der Waals surface area (Å²) in [6.45, 7) is 5.74. The average Bonchev–Trinajstić information content (AvgIpc) is 2.77. The third-order valence-corrected chi connectivity index (χ3v) is 7.32. The van der Waals surface area contributed by atoms with Gasteiger partial charge in [-0.1, -0.05) is 79.7 Å². The monoisotopic (exact) mass is 420 g/mol. The molecule has 0 aliphatic heterocycles. The Balaban J connectivity index is 1.59. The summed E-state index contributed by atoms with van der Waals surface area (Å²) in [6.07, 6.45) is 2.98. The summed E-state index contributed by atoms with van der Waals surface area (Å²) in [5.41, 5.74) is 4.43. The number of methoxy groups -OCH3 is 1. The lowest BCUT2D eigenvalue weighted by Gasteiger charge is -2.14. The molecule has 0 heterocycles. The Labute approximate surface area is 182 Å². The highest BCUT2D eigenvalue weighted by molar-refractivity contribution is 6.96. The molecule has 2 rings (SSSR count). The Morgan fingerprint density at radius 3 is 2.37 bits per heavy atom. The molecule has 0 fully saturated rings. The molecule has 0 saturated carbocycles. The first-order valence-corrected chi connectivity index (χ1v) is 13.5. The van der Waals surface area contributed by atoms with E-state index in [-0.39, 0.29) is 0 Å². The summed E-state index contributed by atoms with van der Waals surface area (Å²) in [6, 6.07) is 18.2. The fraction of sp³-hybridized carbons (Fsp3) is 0.385. The fourth-order valence-corrected chi connectivity index (χ4v) is 4.55. The van der Waals surface area contributed by atoms with Crippen molar-refractivity contribution >= 4 is 13.3 Å². The highest BCUT2D eigenvalue weighted by Crippen LogP contribution is 2.12. The maximum atomic E-state index is 10.0. The van der Waals surface area contributed by atoms with Crippen LogP contribution in [-0.2, 0) is 11.3 Å². The van der Waals surface area contributed by atoms with Crippen molar-refractivity contribution < 1.29 is 14.6 Å². The predicted molar refractivity (Wildman–Crippen MR) is 126 cm³/mol. The van der Waals surface area contributed by atoms with Gasteiger partial charge in [0.05, 0.1) is 13.7 Å². The molecule has 4 heteroatoms. The van der Waals surface area contributed by atoms with Crippen LogP contribution in [0.25, 0.3) is 0 Å². The van der Waals surface area contributed by atoms with Crippen LogP contribution in [-0.4, -0.2) is 33.0 Å². The molecule has 0 aromatic heterocycles. The van der Waals surface area contributed by atoms with Gasteiger partial charge in [-0.2, -0.15) is 0 Å². The molecule has 1 N–H and O–H groups in total. The van der Waals surface area contributed by atoms with E-state index in [1.807, 2.05) is 42.5 Å². The summed E-state index contributed by atoms with van der Waals surface area (Å²) in [5.74, 6) is 9.69. The quantitative estimate of drug-likeness (QED) is 0.374. The number of aliphatic hydroxyl groups is 1. The van der Waals surface area contributed by atoms with E-state index in [1.165, 1.54) is 5.19 Å². The van der Waals surface area contributed by atoms with Gasteiger partial charge >= 0.3 is 0 Å². The van der Waals surface area contributed by atoms with E-state index in [9.17, 15) is 5.11 Å². The predicted octanol–water partition coefficient (Wildman–Crippen LogP) is 4.29. The second-order valence-corrected chi connectivity index (χ2v) is 11.8. The van der Waals surface area contributed by atoms with Crippen LogP contribution in [0.2, 0.25) is 13.1 Å². The largest absolute Gasteiger partial charge is 0.497 e. The molecule has 0 amide bonds. The van der Waals surface area contributed by atoms with Gasteiger partial charge in [0.2, 0.25) is 0 Å². The smallest absolute Gasteiger partial charge is 0.175 e.